The van der Waals surface area contributed by atoms with Crippen molar-refractivity contribution in [3.05, 3.63) is 0 Å². The van der Waals surface area contributed by atoms with E-state index in [1.54, 1.807) is 0 Å². The molecule has 0 fully saturated rings. The second-order valence-corrected chi connectivity index (χ2v) is 2.68. The molecule has 0 aromatic carbocycles. The number of hydrogen-bond donors (Lipinski definition) is 0. The van der Waals surface area contributed by atoms with Gasteiger partial charge in [0.15, 0.2) is 0 Å². The molecular weight excluding hydrogens is 469 g/mol. The standard InChI is InChI=1S/3Fe.2H3O4P.7H2O/c;;;2*1-5(2,3)4;;;;;;;/h;;;2*(H3,1,2,3,4);7*1H2/q3*+2;;;;;;;;;/p-6. The van der Waals surface area contributed by atoms with Crippen LogP contribution in [-0.4, -0.2) is 38.3 Å². The molecule has 0 saturated heterocycles. The number of rotatable bonds is 0. The van der Waals surface area contributed by atoms with E-state index < -0.39 is 15.6 Å². The molecule has 0 aliphatic heterocycles. The normalized spacial score (nSPS) is 5.90. The quantitative estimate of drug-likeness (QED) is 0.234. The van der Waals surface area contributed by atoms with Gasteiger partial charge in [-0.25, -0.2) is 0 Å². The fourth-order valence-corrected chi connectivity index (χ4v) is 0. The van der Waals surface area contributed by atoms with Crippen molar-refractivity contribution in [2.24, 2.45) is 0 Å². The Morgan fingerprint density at radius 1 is 0.400 bits per heavy atom. The average molecular weight is 484 g/mol. The Kier molecular flexibility index (Phi) is 214. The summed E-state index contributed by atoms with van der Waals surface area (Å²) >= 11 is 0. The van der Waals surface area contributed by atoms with E-state index in [1.165, 1.54) is 0 Å². The van der Waals surface area contributed by atoms with Crippen LogP contribution >= 0.6 is 15.6 Å². The van der Waals surface area contributed by atoms with E-state index in [2.05, 4.69) is 0 Å². The van der Waals surface area contributed by atoms with Crippen LogP contribution in [-0.2, 0) is 60.3 Å². The topological polar surface area (TPSA) is 393 Å². The largest absolute Gasteiger partial charge is 2.00 e. The molecule has 0 radical (unpaired) electrons. The van der Waals surface area contributed by atoms with Crippen molar-refractivity contribution in [2.75, 3.05) is 0 Å². The van der Waals surface area contributed by atoms with Crippen molar-refractivity contribution in [1.82, 2.24) is 0 Å². The minimum Gasteiger partial charge on any atom is -0.822 e. The fourth-order valence-electron chi connectivity index (χ4n) is 0. The van der Waals surface area contributed by atoms with Gasteiger partial charge in [-0.3, -0.25) is 0 Å². The molecule has 0 amide bonds. The van der Waals surface area contributed by atoms with Gasteiger partial charge in [0.05, 0.1) is 0 Å². The number of hydrogen-bond acceptors (Lipinski definition) is 8. The zero-order valence-electron chi connectivity index (χ0n) is 8.72. The Morgan fingerprint density at radius 2 is 0.400 bits per heavy atom. The molecule has 0 spiro atoms. The van der Waals surface area contributed by atoms with E-state index in [1.807, 2.05) is 0 Å². The molecule has 0 aliphatic carbocycles. The molecule has 20 heteroatoms. The maximum atomic E-state index is 8.55. The van der Waals surface area contributed by atoms with Crippen LogP contribution < -0.4 is 29.4 Å². The first-order chi connectivity index (χ1) is 4.00. The van der Waals surface area contributed by atoms with Crippen molar-refractivity contribution >= 4 is 15.6 Å². The fraction of sp³-hybridized carbons (Fsp3) is 0. The summed E-state index contributed by atoms with van der Waals surface area (Å²) in [4.78, 5) is 51.3. The molecule has 0 bridgehead atoms. The van der Waals surface area contributed by atoms with E-state index in [-0.39, 0.29) is 89.5 Å². The van der Waals surface area contributed by atoms with Crippen LogP contribution in [0.5, 0.6) is 0 Å². The Bertz CT molecular complexity index is 133. The molecule has 0 saturated carbocycles. The predicted octanol–water partition coefficient (Wildman–Crippen LogP) is -11.4. The Morgan fingerprint density at radius 3 is 0.400 bits per heavy atom. The third kappa shape index (κ3) is 2970. The van der Waals surface area contributed by atoms with Gasteiger partial charge in [0.2, 0.25) is 0 Å². The van der Waals surface area contributed by atoms with Crippen molar-refractivity contribution in [3.63, 3.8) is 0 Å². The Labute approximate surface area is 143 Å². The van der Waals surface area contributed by atoms with Gasteiger partial charge in [-0.1, -0.05) is 0 Å². The SMILES string of the molecule is O.O.O.O.O.O.O.O=P([O-])([O-])[O-].O=P([O-])([O-])[O-].[Fe+2].[Fe+2].[Fe+2]. The molecule has 14 N–H and O–H groups in total. The second-order valence-electron chi connectivity index (χ2n) is 0.894. The summed E-state index contributed by atoms with van der Waals surface area (Å²) in [7, 11) is -10.8. The summed E-state index contributed by atoms with van der Waals surface area (Å²) < 4.78 is 17.1. The molecular formula is H14Fe3O15P2. The van der Waals surface area contributed by atoms with E-state index in [0.29, 0.717) is 0 Å². The summed E-state index contributed by atoms with van der Waals surface area (Å²) in [6.07, 6.45) is 0. The molecule has 15 nitrogen and oxygen atoms in total. The molecule has 0 aromatic heterocycles. The van der Waals surface area contributed by atoms with Crippen LogP contribution in [0.4, 0.5) is 0 Å². The minimum absolute atomic E-state index is 0. The van der Waals surface area contributed by atoms with Gasteiger partial charge in [0.1, 0.15) is 0 Å². The van der Waals surface area contributed by atoms with Crippen LogP contribution in [0.2, 0.25) is 0 Å². The Balaban J connectivity index is -0.00000000427. The maximum absolute atomic E-state index is 8.55. The summed E-state index contributed by atoms with van der Waals surface area (Å²) in [5.74, 6) is 0. The van der Waals surface area contributed by atoms with Gasteiger partial charge in [0.25, 0.3) is 0 Å². The van der Waals surface area contributed by atoms with Gasteiger partial charge in [0, 0.05) is 0 Å². The van der Waals surface area contributed by atoms with Crippen LogP contribution in [0.25, 0.3) is 0 Å². The van der Waals surface area contributed by atoms with E-state index in [0.717, 1.165) is 0 Å². The summed E-state index contributed by atoms with van der Waals surface area (Å²) in [6, 6.07) is 0. The van der Waals surface area contributed by atoms with E-state index in [9.17, 15) is 0 Å². The monoisotopic (exact) mass is 484 g/mol. The molecule has 20 heavy (non-hydrogen) atoms. The maximum Gasteiger partial charge on any atom is 2.00 e. The number of phosphoric acid groups is 2. The van der Waals surface area contributed by atoms with Gasteiger partial charge < -0.3 is 76.8 Å². The van der Waals surface area contributed by atoms with Crippen molar-refractivity contribution in [3.8, 4) is 0 Å². The van der Waals surface area contributed by atoms with Crippen LogP contribution in [0.15, 0.2) is 0 Å². The smallest absolute Gasteiger partial charge is 0.822 e. The molecule has 0 unspecified atom stereocenters. The van der Waals surface area contributed by atoms with Crippen LogP contribution in [0.1, 0.15) is 0 Å². The third-order valence-electron chi connectivity index (χ3n) is 0. The molecule has 138 valence electrons. The van der Waals surface area contributed by atoms with Crippen molar-refractivity contribution in [1.29, 1.82) is 0 Å². The van der Waals surface area contributed by atoms with Gasteiger partial charge in [-0.05, 0) is 0 Å². The van der Waals surface area contributed by atoms with Crippen LogP contribution in [0.3, 0.4) is 0 Å². The van der Waals surface area contributed by atoms with Gasteiger partial charge in [-0.15, -0.1) is 0 Å². The van der Waals surface area contributed by atoms with Gasteiger partial charge in [-0.2, -0.15) is 15.6 Å². The van der Waals surface area contributed by atoms with Crippen molar-refractivity contribution < 1.29 is 128 Å². The first-order valence-electron chi connectivity index (χ1n) is 1.46. The van der Waals surface area contributed by atoms with Gasteiger partial charge >= 0.3 is 51.2 Å². The van der Waals surface area contributed by atoms with E-state index >= 15 is 0 Å². The third-order valence-corrected chi connectivity index (χ3v) is 0. The molecule has 0 heterocycles. The second kappa shape index (κ2) is 42.8. The van der Waals surface area contributed by atoms with Crippen molar-refractivity contribution in [2.45, 2.75) is 0 Å². The predicted molar refractivity (Wildman–Crippen MR) is 40.5 cm³/mol. The van der Waals surface area contributed by atoms with Crippen LogP contribution in [0, 0.1) is 0 Å². The molecule has 0 aliphatic rings. The summed E-state index contributed by atoms with van der Waals surface area (Å²) in [6.45, 7) is 0. The zero-order chi connectivity index (χ0) is 9.00. The summed E-state index contributed by atoms with van der Waals surface area (Å²) in [5, 5.41) is 0. The minimum atomic E-state index is -5.39. The average Bonchev–Trinajstić information content (AvgIpc) is 1.12. The molecule has 0 atom stereocenters. The van der Waals surface area contributed by atoms with E-state index in [4.69, 9.17) is 38.5 Å². The first kappa shape index (κ1) is 100. The Hall–Kier alpha value is 1.50. The summed E-state index contributed by atoms with van der Waals surface area (Å²) in [5.41, 5.74) is 0. The zero-order valence-corrected chi connectivity index (χ0v) is 13.8. The molecule has 0 aromatic rings. The first-order valence-corrected chi connectivity index (χ1v) is 4.38. The molecule has 0 rings (SSSR count).